The molecular weight excluding hydrogens is 408 g/mol. The van der Waals surface area contributed by atoms with Crippen LogP contribution in [0.25, 0.3) is 22.3 Å². The molecular formula is C22H18O9. The molecule has 0 aliphatic carbocycles. The minimum Gasteiger partial charge on any atom is -0.508 e. The average molecular weight is 426 g/mol. The lowest BCUT2D eigenvalue weighted by Gasteiger charge is -2.20. The first-order chi connectivity index (χ1) is 14.6. The van der Waals surface area contributed by atoms with Crippen LogP contribution in [0.2, 0.25) is 0 Å². The summed E-state index contributed by atoms with van der Waals surface area (Å²) in [6.07, 6.45) is 0. The van der Waals surface area contributed by atoms with Crippen LogP contribution in [-0.2, 0) is 9.59 Å². The van der Waals surface area contributed by atoms with E-state index in [4.69, 9.17) is 9.47 Å². The van der Waals surface area contributed by atoms with Gasteiger partial charge in [0.2, 0.25) is 0 Å². The Morgan fingerprint density at radius 2 is 1.10 bits per heavy atom. The highest BCUT2D eigenvalue weighted by Crippen LogP contribution is 2.56. The van der Waals surface area contributed by atoms with Crippen molar-refractivity contribution in [2.75, 3.05) is 0 Å². The van der Waals surface area contributed by atoms with Gasteiger partial charge in [-0.15, -0.1) is 0 Å². The number of carbonyl (C=O) groups excluding carboxylic acids is 2. The summed E-state index contributed by atoms with van der Waals surface area (Å²) in [5.41, 5.74) is -0.155. The van der Waals surface area contributed by atoms with E-state index in [1.807, 2.05) is 0 Å². The maximum Gasteiger partial charge on any atom is 0.308 e. The molecule has 9 nitrogen and oxygen atoms in total. The zero-order valence-corrected chi connectivity index (χ0v) is 16.4. The van der Waals surface area contributed by atoms with Gasteiger partial charge < -0.3 is 35.0 Å². The molecule has 0 heterocycles. The van der Waals surface area contributed by atoms with Crippen molar-refractivity contribution in [3.8, 4) is 62.5 Å². The Morgan fingerprint density at radius 3 is 1.55 bits per heavy atom. The monoisotopic (exact) mass is 426 g/mol. The van der Waals surface area contributed by atoms with Gasteiger partial charge in [-0.3, -0.25) is 9.59 Å². The van der Waals surface area contributed by atoms with E-state index in [-0.39, 0.29) is 33.8 Å². The summed E-state index contributed by atoms with van der Waals surface area (Å²) in [7, 11) is 0. The number of benzene rings is 3. The molecule has 0 aromatic heterocycles. The van der Waals surface area contributed by atoms with Crippen molar-refractivity contribution in [3.05, 3.63) is 42.5 Å². The molecule has 0 radical (unpaired) electrons. The fourth-order valence-corrected chi connectivity index (χ4v) is 3.00. The number of phenolic OH excluding ortho intramolecular Hbond substituents is 5. The molecule has 0 atom stereocenters. The molecule has 0 amide bonds. The van der Waals surface area contributed by atoms with Crippen LogP contribution < -0.4 is 9.47 Å². The average Bonchev–Trinajstić information content (AvgIpc) is 2.69. The minimum atomic E-state index is -0.820. The molecule has 3 aromatic rings. The molecule has 3 rings (SSSR count). The predicted octanol–water partition coefficient (Wildman–Crippen LogP) is 3.40. The first kappa shape index (κ1) is 21.3. The molecule has 160 valence electrons. The number of hydrogen-bond donors (Lipinski definition) is 5. The quantitative estimate of drug-likeness (QED) is 0.240. The van der Waals surface area contributed by atoms with Gasteiger partial charge in [0.05, 0.1) is 11.1 Å². The number of esters is 2. The highest BCUT2D eigenvalue weighted by Gasteiger charge is 2.30. The molecule has 0 unspecified atom stereocenters. The topological polar surface area (TPSA) is 154 Å². The van der Waals surface area contributed by atoms with E-state index >= 15 is 0 Å². The first-order valence-corrected chi connectivity index (χ1v) is 8.90. The van der Waals surface area contributed by atoms with Gasteiger partial charge >= 0.3 is 11.9 Å². The molecule has 0 aliphatic rings. The van der Waals surface area contributed by atoms with Gasteiger partial charge in [0, 0.05) is 13.8 Å². The van der Waals surface area contributed by atoms with E-state index in [0.29, 0.717) is 0 Å². The third kappa shape index (κ3) is 4.15. The van der Waals surface area contributed by atoms with E-state index < -0.39 is 40.7 Å². The van der Waals surface area contributed by atoms with E-state index in [9.17, 15) is 35.1 Å². The van der Waals surface area contributed by atoms with E-state index in [1.165, 1.54) is 30.3 Å². The molecule has 0 saturated carbocycles. The number of ether oxygens (including phenoxy) is 2. The summed E-state index contributed by atoms with van der Waals surface area (Å²) in [5.74, 6) is -4.89. The Bertz CT molecular complexity index is 1180. The maximum atomic E-state index is 11.8. The van der Waals surface area contributed by atoms with Crippen molar-refractivity contribution < 1.29 is 44.6 Å². The van der Waals surface area contributed by atoms with Gasteiger partial charge in [0.25, 0.3) is 0 Å². The molecule has 0 spiro atoms. The van der Waals surface area contributed by atoms with Gasteiger partial charge in [-0.25, -0.2) is 0 Å². The molecule has 31 heavy (non-hydrogen) atoms. The lowest BCUT2D eigenvalue weighted by atomic mass is 9.95. The van der Waals surface area contributed by atoms with Crippen LogP contribution in [-0.4, -0.2) is 37.5 Å². The summed E-state index contributed by atoms with van der Waals surface area (Å²) in [6.45, 7) is 2.17. The second-order valence-corrected chi connectivity index (χ2v) is 6.54. The van der Waals surface area contributed by atoms with E-state index in [2.05, 4.69) is 0 Å². The van der Waals surface area contributed by atoms with Crippen molar-refractivity contribution in [2.24, 2.45) is 0 Å². The van der Waals surface area contributed by atoms with Crippen LogP contribution >= 0.6 is 0 Å². The zero-order chi connectivity index (χ0) is 22.9. The normalized spacial score (nSPS) is 10.5. The predicted molar refractivity (Wildman–Crippen MR) is 108 cm³/mol. The van der Waals surface area contributed by atoms with Gasteiger partial charge in [-0.1, -0.05) is 18.2 Å². The van der Waals surface area contributed by atoms with Gasteiger partial charge in [0.1, 0.15) is 5.75 Å². The number of phenols is 5. The van der Waals surface area contributed by atoms with E-state index in [1.54, 1.807) is 0 Å². The zero-order valence-electron chi connectivity index (χ0n) is 16.4. The lowest BCUT2D eigenvalue weighted by molar-refractivity contribution is -0.134. The SMILES string of the molecule is CC(=O)Oc1c(OC(C)=O)c(-c2ccc(O)c(O)c2)c(O)c(O)c1-c1ccc(O)cc1. The van der Waals surface area contributed by atoms with Gasteiger partial charge in [-0.05, 0) is 35.4 Å². The van der Waals surface area contributed by atoms with Crippen LogP contribution in [0, 0.1) is 0 Å². The Morgan fingerprint density at radius 1 is 0.645 bits per heavy atom. The van der Waals surface area contributed by atoms with Crippen molar-refractivity contribution in [1.82, 2.24) is 0 Å². The summed E-state index contributed by atoms with van der Waals surface area (Å²) in [5, 5.41) is 50.6. The molecule has 9 heteroatoms. The van der Waals surface area contributed by atoms with Gasteiger partial charge in [0.15, 0.2) is 34.5 Å². The Kier molecular flexibility index (Phi) is 5.60. The second kappa shape index (κ2) is 8.15. The van der Waals surface area contributed by atoms with Crippen molar-refractivity contribution in [1.29, 1.82) is 0 Å². The molecule has 0 saturated heterocycles. The summed E-state index contributed by atoms with van der Waals surface area (Å²) < 4.78 is 10.5. The molecule has 0 aliphatic heterocycles. The van der Waals surface area contributed by atoms with Gasteiger partial charge in [-0.2, -0.15) is 0 Å². The largest absolute Gasteiger partial charge is 0.508 e. The second-order valence-electron chi connectivity index (χ2n) is 6.54. The lowest BCUT2D eigenvalue weighted by Crippen LogP contribution is -2.10. The van der Waals surface area contributed by atoms with Crippen LogP contribution in [0.3, 0.4) is 0 Å². The highest BCUT2D eigenvalue weighted by atomic mass is 16.6. The number of aromatic hydroxyl groups is 5. The van der Waals surface area contributed by atoms with Crippen molar-refractivity contribution in [2.45, 2.75) is 13.8 Å². The molecule has 5 N–H and O–H groups in total. The fraction of sp³-hybridized carbons (Fsp3) is 0.0909. The highest BCUT2D eigenvalue weighted by molar-refractivity contribution is 5.95. The summed E-state index contributed by atoms with van der Waals surface area (Å²) in [6, 6.07) is 8.86. The van der Waals surface area contributed by atoms with Crippen LogP contribution in [0.4, 0.5) is 0 Å². The minimum absolute atomic E-state index is 0.0463. The first-order valence-electron chi connectivity index (χ1n) is 8.90. The number of hydrogen-bond acceptors (Lipinski definition) is 9. The van der Waals surface area contributed by atoms with Crippen LogP contribution in [0.1, 0.15) is 13.8 Å². The summed E-state index contributed by atoms with van der Waals surface area (Å²) in [4.78, 5) is 23.6. The summed E-state index contributed by atoms with van der Waals surface area (Å²) >= 11 is 0. The smallest absolute Gasteiger partial charge is 0.308 e. The Balaban J connectivity index is 2.45. The number of rotatable bonds is 4. The molecule has 3 aromatic carbocycles. The van der Waals surface area contributed by atoms with Crippen LogP contribution in [0.5, 0.6) is 40.2 Å². The fourth-order valence-electron chi connectivity index (χ4n) is 3.00. The standard InChI is InChI=1S/C22H18O9/c1-10(23)30-21-17(12-3-6-14(25)7-4-12)19(28)20(29)18(22(21)31-11(2)24)13-5-8-15(26)16(27)9-13/h3-9,25-29H,1-2H3. The third-order valence-electron chi connectivity index (χ3n) is 4.27. The van der Waals surface area contributed by atoms with Crippen molar-refractivity contribution in [3.63, 3.8) is 0 Å². The molecule has 0 bridgehead atoms. The third-order valence-corrected chi connectivity index (χ3v) is 4.27. The maximum absolute atomic E-state index is 11.8. The number of carbonyl (C=O) groups is 2. The van der Waals surface area contributed by atoms with E-state index in [0.717, 1.165) is 26.0 Å². The Hall–Kier alpha value is -4.40. The van der Waals surface area contributed by atoms with Crippen LogP contribution in [0.15, 0.2) is 42.5 Å². The molecule has 0 fully saturated rings. The van der Waals surface area contributed by atoms with Crippen molar-refractivity contribution >= 4 is 11.9 Å². The Labute approximate surface area is 176 Å².